The summed E-state index contributed by atoms with van der Waals surface area (Å²) in [5, 5.41) is 8.65. The summed E-state index contributed by atoms with van der Waals surface area (Å²) in [6.07, 6.45) is -0.290. The van der Waals surface area contributed by atoms with Gasteiger partial charge in [0, 0.05) is 0 Å². The van der Waals surface area contributed by atoms with Crippen molar-refractivity contribution in [3.8, 4) is 5.75 Å². The second-order valence-corrected chi connectivity index (χ2v) is 4.70. The number of hydrogen-bond acceptors (Lipinski definition) is 2. The molecule has 0 aliphatic carbocycles. The largest absolute Gasteiger partial charge is 0.490 e. The molecule has 1 rings (SSSR count). The van der Waals surface area contributed by atoms with Crippen molar-refractivity contribution in [3.63, 3.8) is 0 Å². The highest BCUT2D eigenvalue weighted by Gasteiger charge is 2.10. The molecule has 0 saturated carbocycles. The highest BCUT2D eigenvalue weighted by molar-refractivity contribution is 5.67. The van der Waals surface area contributed by atoms with E-state index in [-0.39, 0.29) is 12.5 Å². The minimum atomic E-state index is -0.840. The molecule has 3 nitrogen and oxygen atoms in total. The maximum absolute atomic E-state index is 10.5. The highest BCUT2D eigenvalue weighted by Crippen LogP contribution is 2.24. The van der Waals surface area contributed by atoms with Crippen molar-refractivity contribution in [2.24, 2.45) is 0 Å². The van der Waals surface area contributed by atoms with Gasteiger partial charge in [-0.25, -0.2) is 0 Å². The van der Waals surface area contributed by atoms with Crippen molar-refractivity contribution in [2.45, 2.75) is 46.1 Å². The quantitative estimate of drug-likeness (QED) is 0.852. The van der Waals surface area contributed by atoms with E-state index in [2.05, 4.69) is 13.8 Å². The Morgan fingerprint density at radius 1 is 1.35 bits per heavy atom. The average Bonchev–Trinajstić information content (AvgIpc) is 2.15. The van der Waals surface area contributed by atoms with Gasteiger partial charge in [0.05, 0.1) is 6.42 Å². The molecule has 0 spiro atoms. The standard InChI is InChI=1S/C14H20O3/c1-9(2)13-6-5-12(7-10(13)3)17-11(4)8-14(15)16/h5-7,9,11H,8H2,1-4H3,(H,15,16)/t11-/m0/s1. The summed E-state index contributed by atoms with van der Waals surface area (Å²) >= 11 is 0. The zero-order chi connectivity index (χ0) is 13.0. The van der Waals surface area contributed by atoms with Gasteiger partial charge in [-0.2, -0.15) is 0 Å². The third-order valence-electron chi connectivity index (χ3n) is 2.66. The van der Waals surface area contributed by atoms with E-state index < -0.39 is 5.97 Å². The van der Waals surface area contributed by atoms with Gasteiger partial charge in [-0.3, -0.25) is 4.79 Å². The first-order valence-corrected chi connectivity index (χ1v) is 5.89. The SMILES string of the molecule is Cc1cc(O[C@@H](C)CC(=O)O)ccc1C(C)C. The predicted octanol–water partition coefficient (Wildman–Crippen LogP) is 3.36. The molecule has 1 aromatic rings. The van der Waals surface area contributed by atoms with Crippen molar-refractivity contribution in [1.29, 1.82) is 0 Å². The molecule has 1 aromatic carbocycles. The summed E-state index contributed by atoms with van der Waals surface area (Å²) in [7, 11) is 0. The Morgan fingerprint density at radius 3 is 2.47 bits per heavy atom. The maximum Gasteiger partial charge on any atom is 0.307 e. The van der Waals surface area contributed by atoms with E-state index in [1.807, 2.05) is 25.1 Å². The smallest absolute Gasteiger partial charge is 0.307 e. The van der Waals surface area contributed by atoms with Gasteiger partial charge in [-0.15, -0.1) is 0 Å². The molecule has 1 atom stereocenters. The van der Waals surface area contributed by atoms with E-state index >= 15 is 0 Å². The molecule has 17 heavy (non-hydrogen) atoms. The monoisotopic (exact) mass is 236 g/mol. The van der Waals surface area contributed by atoms with Crippen LogP contribution in [0.5, 0.6) is 5.75 Å². The molecule has 0 radical (unpaired) electrons. The summed E-state index contributed by atoms with van der Waals surface area (Å²) in [5.41, 5.74) is 2.48. The van der Waals surface area contributed by atoms with Gasteiger partial charge in [-0.05, 0) is 43.0 Å². The predicted molar refractivity (Wildman–Crippen MR) is 67.6 cm³/mol. The third-order valence-corrected chi connectivity index (χ3v) is 2.66. The Morgan fingerprint density at radius 2 is 2.00 bits per heavy atom. The van der Waals surface area contributed by atoms with Gasteiger partial charge in [0.15, 0.2) is 0 Å². The zero-order valence-electron chi connectivity index (χ0n) is 10.9. The van der Waals surface area contributed by atoms with Gasteiger partial charge in [-0.1, -0.05) is 19.9 Å². The van der Waals surface area contributed by atoms with Gasteiger partial charge >= 0.3 is 5.97 Å². The summed E-state index contributed by atoms with van der Waals surface area (Å²) < 4.78 is 5.56. The molecule has 3 heteroatoms. The van der Waals surface area contributed by atoms with Crippen LogP contribution in [0.25, 0.3) is 0 Å². The van der Waals surface area contributed by atoms with Gasteiger partial charge in [0.2, 0.25) is 0 Å². The molecular weight excluding hydrogens is 216 g/mol. The molecule has 94 valence electrons. The number of carboxylic acids is 1. The fourth-order valence-electron chi connectivity index (χ4n) is 1.89. The second kappa shape index (κ2) is 5.71. The fourth-order valence-corrected chi connectivity index (χ4v) is 1.89. The minimum absolute atomic E-state index is 0.0188. The van der Waals surface area contributed by atoms with Crippen LogP contribution in [0.2, 0.25) is 0 Å². The second-order valence-electron chi connectivity index (χ2n) is 4.70. The fraction of sp³-hybridized carbons (Fsp3) is 0.500. The van der Waals surface area contributed by atoms with Gasteiger partial charge in [0.1, 0.15) is 11.9 Å². The lowest BCUT2D eigenvalue weighted by Gasteiger charge is -2.15. The molecule has 0 amide bonds. The van der Waals surface area contributed by atoms with E-state index in [0.29, 0.717) is 5.92 Å². The molecule has 0 aliphatic heterocycles. The first-order chi connectivity index (χ1) is 7.90. The lowest BCUT2D eigenvalue weighted by Crippen LogP contribution is -2.16. The first kappa shape index (κ1) is 13.6. The molecular formula is C14H20O3. The van der Waals surface area contributed by atoms with E-state index in [0.717, 1.165) is 5.75 Å². The summed E-state index contributed by atoms with van der Waals surface area (Å²) in [6.45, 7) is 8.11. The first-order valence-electron chi connectivity index (χ1n) is 5.89. The number of carbonyl (C=O) groups is 1. The van der Waals surface area contributed by atoms with Crippen molar-refractivity contribution < 1.29 is 14.6 Å². The lowest BCUT2D eigenvalue weighted by molar-refractivity contribution is -0.138. The van der Waals surface area contributed by atoms with Crippen molar-refractivity contribution in [3.05, 3.63) is 29.3 Å². The minimum Gasteiger partial charge on any atom is -0.490 e. The molecule has 0 fully saturated rings. The Labute approximate surface area is 102 Å². The van der Waals surface area contributed by atoms with E-state index in [9.17, 15) is 4.79 Å². The molecule has 0 aromatic heterocycles. The average molecular weight is 236 g/mol. The number of ether oxygens (including phenoxy) is 1. The zero-order valence-corrected chi connectivity index (χ0v) is 10.9. The van der Waals surface area contributed by atoms with E-state index in [4.69, 9.17) is 9.84 Å². The van der Waals surface area contributed by atoms with Crippen LogP contribution in [0.15, 0.2) is 18.2 Å². The Hall–Kier alpha value is -1.51. The third kappa shape index (κ3) is 4.10. The number of benzene rings is 1. The van der Waals surface area contributed by atoms with Crippen molar-refractivity contribution >= 4 is 5.97 Å². The summed E-state index contributed by atoms with van der Waals surface area (Å²) in [5.74, 6) is 0.383. The van der Waals surface area contributed by atoms with Crippen LogP contribution in [-0.2, 0) is 4.79 Å². The normalized spacial score (nSPS) is 12.5. The summed E-state index contributed by atoms with van der Waals surface area (Å²) in [6, 6.07) is 5.91. The van der Waals surface area contributed by atoms with Crippen molar-refractivity contribution in [2.75, 3.05) is 0 Å². The van der Waals surface area contributed by atoms with Gasteiger partial charge < -0.3 is 9.84 Å². The number of rotatable bonds is 5. The highest BCUT2D eigenvalue weighted by atomic mass is 16.5. The Kier molecular flexibility index (Phi) is 4.55. The number of carboxylic acid groups (broad SMARTS) is 1. The van der Waals surface area contributed by atoms with Crippen LogP contribution in [0, 0.1) is 6.92 Å². The molecule has 1 N–H and O–H groups in total. The topological polar surface area (TPSA) is 46.5 Å². The number of aryl methyl sites for hydroxylation is 1. The molecule has 0 heterocycles. The van der Waals surface area contributed by atoms with Gasteiger partial charge in [0.25, 0.3) is 0 Å². The number of hydrogen-bond donors (Lipinski definition) is 1. The Bertz CT molecular complexity index is 396. The van der Waals surface area contributed by atoms with Crippen LogP contribution in [0.3, 0.4) is 0 Å². The molecule has 0 unspecified atom stereocenters. The van der Waals surface area contributed by atoms with Crippen LogP contribution >= 0.6 is 0 Å². The molecule has 0 saturated heterocycles. The lowest BCUT2D eigenvalue weighted by atomic mass is 9.98. The molecule has 0 bridgehead atoms. The maximum atomic E-state index is 10.5. The van der Waals surface area contributed by atoms with Crippen LogP contribution in [-0.4, -0.2) is 17.2 Å². The van der Waals surface area contributed by atoms with Crippen LogP contribution < -0.4 is 4.74 Å². The van der Waals surface area contributed by atoms with Crippen LogP contribution in [0.1, 0.15) is 44.2 Å². The molecule has 0 aliphatic rings. The van der Waals surface area contributed by atoms with E-state index in [1.165, 1.54) is 11.1 Å². The Balaban J connectivity index is 2.73. The number of aliphatic carboxylic acids is 1. The van der Waals surface area contributed by atoms with Crippen molar-refractivity contribution in [1.82, 2.24) is 0 Å². The summed E-state index contributed by atoms with van der Waals surface area (Å²) in [4.78, 5) is 10.5. The van der Waals surface area contributed by atoms with E-state index in [1.54, 1.807) is 6.92 Å². The van der Waals surface area contributed by atoms with Crippen LogP contribution in [0.4, 0.5) is 0 Å².